The zero-order valence-electron chi connectivity index (χ0n) is 20.2. The lowest BCUT2D eigenvalue weighted by Crippen LogP contribution is -2.44. The van der Waals surface area contributed by atoms with E-state index < -0.39 is 0 Å². The Morgan fingerprint density at radius 1 is 1.17 bits per heavy atom. The number of imidazole rings is 1. The third-order valence-electron chi connectivity index (χ3n) is 7.45. The fraction of sp³-hybridized carbons (Fsp3) is 0.481. The lowest BCUT2D eigenvalue weighted by Gasteiger charge is -2.34. The minimum atomic E-state index is -0.134. The molecule has 1 amide bonds. The van der Waals surface area contributed by atoms with E-state index in [0.717, 1.165) is 61.4 Å². The van der Waals surface area contributed by atoms with E-state index in [0.29, 0.717) is 22.4 Å². The topological polar surface area (TPSA) is 79.1 Å². The summed E-state index contributed by atoms with van der Waals surface area (Å²) in [6.07, 6.45) is 11.7. The van der Waals surface area contributed by atoms with Crippen molar-refractivity contribution in [2.75, 3.05) is 25.1 Å². The van der Waals surface area contributed by atoms with E-state index in [1.165, 1.54) is 19.3 Å². The number of benzene rings is 1. The Kier molecular flexibility index (Phi) is 7.16. The van der Waals surface area contributed by atoms with Crippen molar-refractivity contribution in [3.05, 3.63) is 47.2 Å². The summed E-state index contributed by atoms with van der Waals surface area (Å²) >= 11 is 6.35. The molecule has 0 bridgehead atoms. The molecule has 2 aromatic heterocycles. The Hall–Kier alpha value is -2.77. The molecular formula is C27H33ClN4O3. The fourth-order valence-corrected chi connectivity index (χ4v) is 5.63. The summed E-state index contributed by atoms with van der Waals surface area (Å²) in [6.45, 7) is 1.58. The number of piperidine rings is 1. The number of hydrogen-bond acceptors (Lipinski definition) is 5. The van der Waals surface area contributed by atoms with Crippen molar-refractivity contribution in [1.29, 1.82) is 0 Å². The zero-order valence-corrected chi connectivity index (χ0v) is 20.9. The summed E-state index contributed by atoms with van der Waals surface area (Å²) in [4.78, 5) is 19.9. The van der Waals surface area contributed by atoms with E-state index in [1.54, 1.807) is 19.2 Å². The minimum absolute atomic E-state index is 0.103. The molecule has 3 aromatic rings. The number of pyridine rings is 1. The van der Waals surface area contributed by atoms with Crippen molar-refractivity contribution in [1.82, 2.24) is 14.7 Å². The molecule has 2 N–H and O–H groups in total. The smallest absolute Gasteiger partial charge is 0.223 e. The van der Waals surface area contributed by atoms with Gasteiger partial charge in [-0.15, -0.1) is 0 Å². The van der Waals surface area contributed by atoms with Crippen LogP contribution in [0, 0.1) is 5.92 Å². The van der Waals surface area contributed by atoms with Gasteiger partial charge in [0.25, 0.3) is 0 Å². The van der Waals surface area contributed by atoms with Crippen LogP contribution in [-0.4, -0.2) is 46.6 Å². The quantitative estimate of drug-likeness (QED) is 0.511. The van der Waals surface area contributed by atoms with E-state index in [9.17, 15) is 9.90 Å². The summed E-state index contributed by atoms with van der Waals surface area (Å²) in [6, 6.07) is 8.09. The van der Waals surface area contributed by atoms with Gasteiger partial charge in [-0.25, -0.2) is 4.98 Å². The highest BCUT2D eigenvalue weighted by molar-refractivity contribution is 6.32. The molecule has 0 spiro atoms. The van der Waals surface area contributed by atoms with Crippen molar-refractivity contribution < 1.29 is 14.6 Å². The molecule has 35 heavy (non-hydrogen) atoms. The number of methoxy groups -OCH3 is 1. The van der Waals surface area contributed by atoms with E-state index in [2.05, 4.69) is 22.3 Å². The first-order valence-electron chi connectivity index (χ1n) is 12.6. The highest BCUT2D eigenvalue weighted by atomic mass is 35.5. The Balaban J connectivity index is 1.28. The van der Waals surface area contributed by atoms with Crippen molar-refractivity contribution in [3.63, 3.8) is 0 Å². The molecule has 1 aliphatic carbocycles. The number of ether oxygens (including phenoxy) is 1. The molecule has 1 aliphatic heterocycles. The summed E-state index contributed by atoms with van der Waals surface area (Å²) in [5.74, 6) is 0.871. The molecule has 1 aromatic carbocycles. The third-order valence-corrected chi connectivity index (χ3v) is 7.75. The number of halogens is 1. The van der Waals surface area contributed by atoms with Crippen LogP contribution in [0.4, 0.5) is 5.69 Å². The Labute approximate surface area is 211 Å². The van der Waals surface area contributed by atoms with Crippen LogP contribution in [0.5, 0.6) is 5.75 Å². The number of aliphatic hydroxyl groups excluding tert-OH is 1. The van der Waals surface area contributed by atoms with Gasteiger partial charge in [0.05, 0.1) is 24.4 Å². The lowest BCUT2D eigenvalue weighted by atomic mass is 9.92. The Morgan fingerprint density at radius 2 is 1.94 bits per heavy atom. The molecule has 0 radical (unpaired) electrons. The zero-order chi connectivity index (χ0) is 24.4. The molecule has 3 heterocycles. The van der Waals surface area contributed by atoms with Gasteiger partial charge in [-0.3, -0.25) is 4.79 Å². The molecule has 186 valence electrons. The van der Waals surface area contributed by atoms with Crippen LogP contribution >= 0.6 is 11.6 Å². The maximum absolute atomic E-state index is 12.8. The van der Waals surface area contributed by atoms with E-state index in [4.69, 9.17) is 21.3 Å². The maximum Gasteiger partial charge on any atom is 0.223 e. The summed E-state index contributed by atoms with van der Waals surface area (Å²) < 4.78 is 7.26. The SMILES string of the molecule is COc1cc(CO)c(-c2cn3ccc(N4CCC(C(=O)NC5CCCCC5)CC4)cc3n2)cc1Cl. The number of carbonyl (C=O) groups excluding carboxylic acids is 1. The number of rotatable bonds is 6. The van der Waals surface area contributed by atoms with Crippen molar-refractivity contribution >= 4 is 28.8 Å². The van der Waals surface area contributed by atoms with Gasteiger partial charge in [0, 0.05) is 54.8 Å². The summed E-state index contributed by atoms with van der Waals surface area (Å²) in [7, 11) is 1.56. The van der Waals surface area contributed by atoms with Crippen LogP contribution in [0.2, 0.25) is 5.02 Å². The number of nitrogens with zero attached hydrogens (tertiary/aromatic N) is 3. The van der Waals surface area contributed by atoms with Crippen LogP contribution in [0.25, 0.3) is 16.9 Å². The number of carbonyl (C=O) groups is 1. The second-order valence-electron chi connectivity index (χ2n) is 9.68. The van der Waals surface area contributed by atoms with Crippen LogP contribution in [0.3, 0.4) is 0 Å². The second-order valence-corrected chi connectivity index (χ2v) is 10.1. The first-order valence-corrected chi connectivity index (χ1v) is 12.9. The number of hydrogen-bond donors (Lipinski definition) is 2. The van der Waals surface area contributed by atoms with Gasteiger partial charge in [-0.05, 0) is 49.4 Å². The average Bonchev–Trinajstić information content (AvgIpc) is 3.32. The minimum Gasteiger partial charge on any atom is -0.495 e. The molecule has 1 saturated carbocycles. The molecular weight excluding hydrogens is 464 g/mol. The predicted molar refractivity (Wildman–Crippen MR) is 138 cm³/mol. The van der Waals surface area contributed by atoms with Gasteiger partial charge >= 0.3 is 0 Å². The standard InChI is InChI=1S/C27H33ClN4O3/c1-35-25-13-19(17-33)22(15-23(25)28)24-16-32-12-9-21(14-26(32)30-24)31-10-7-18(8-11-31)27(34)29-20-5-3-2-4-6-20/h9,12-16,18,20,33H,2-8,10-11,17H2,1H3,(H,29,34). The molecule has 2 aliphatic rings. The largest absolute Gasteiger partial charge is 0.495 e. The van der Waals surface area contributed by atoms with Crippen LogP contribution in [0.15, 0.2) is 36.7 Å². The van der Waals surface area contributed by atoms with Crippen molar-refractivity contribution in [2.24, 2.45) is 5.92 Å². The number of nitrogens with one attached hydrogen (secondary N) is 1. The van der Waals surface area contributed by atoms with Crippen molar-refractivity contribution in [3.8, 4) is 17.0 Å². The molecule has 2 fully saturated rings. The monoisotopic (exact) mass is 496 g/mol. The second kappa shape index (κ2) is 10.5. The fourth-order valence-electron chi connectivity index (χ4n) is 5.38. The van der Waals surface area contributed by atoms with E-state index in [1.807, 2.05) is 16.8 Å². The van der Waals surface area contributed by atoms with Gasteiger partial charge in [0.15, 0.2) is 0 Å². The van der Waals surface area contributed by atoms with Gasteiger partial charge in [-0.2, -0.15) is 0 Å². The van der Waals surface area contributed by atoms with Gasteiger partial charge in [-0.1, -0.05) is 30.9 Å². The van der Waals surface area contributed by atoms with Gasteiger partial charge in [0.2, 0.25) is 5.91 Å². The Morgan fingerprint density at radius 3 is 2.66 bits per heavy atom. The molecule has 1 saturated heterocycles. The highest BCUT2D eigenvalue weighted by Crippen LogP contribution is 2.34. The normalized spacial score (nSPS) is 17.6. The predicted octanol–water partition coefficient (Wildman–Crippen LogP) is 4.82. The number of fused-ring (bicyclic) bond motifs is 1. The third kappa shape index (κ3) is 5.11. The molecule has 8 heteroatoms. The summed E-state index contributed by atoms with van der Waals surface area (Å²) in [5, 5.41) is 13.6. The van der Waals surface area contributed by atoms with Crippen LogP contribution < -0.4 is 15.0 Å². The first kappa shape index (κ1) is 23.9. The van der Waals surface area contributed by atoms with Gasteiger partial charge < -0.3 is 24.5 Å². The maximum atomic E-state index is 12.8. The van der Waals surface area contributed by atoms with E-state index >= 15 is 0 Å². The van der Waals surface area contributed by atoms with Crippen LogP contribution in [-0.2, 0) is 11.4 Å². The Bertz CT molecular complexity index is 1200. The lowest BCUT2D eigenvalue weighted by molar-refractivity contribution is -0.126. The highest BCUT2D eigenvalue weighted by Gasteiger charge is 2.27. The molecule has 0 unspecified atom stereocenters. The molecule has 0 atom stereocenters. The number of aliphatic hydroxyl groups is 1. The van der Waals surface area contributed by atoms with E-state index in [-0.39, 0.29) is 18.4 Å². The number of anilines is 1. The van der Waals surface area contributed by atoms with Crippen molar-refractivity contribution in [2.45, 2.75) is 57.6 Å². The molecule has 5 rings (SSSR count). The van der Waals surface area contributed by atoms with Gasteiger partial charge in [0.1, 0.15) is 11.4 Å². The summed E-state index contributed by atoms with van der Waals surface area (Å²) in [5.41, 5.74) is 4.17. The average molecular weight is 497 g/mol. The molecule has 7 nitrogen and oxygen atoms in total. The first-order chi connectivity index (χ1) is 17.1. The number of aromatic nitrogens is 2. The van der Waals surface area contributed by atoms with Crippen LogP contribution in [0.1, 0.15) is 50.5 Å². The number of amides is 1.